The van der Waals surface area contributed by atoms with E-state index in [1.807, 2.05) is 13.8 Å². The van der Waals surface area contributed by atoms with Gasteiger partial charge in [-0.05, 0) is 24.5 Å². The van der Waals surface area contributed by atoms with Crippen LogP contribution in [0, 0.1) is 23.4 Å². The zero-order valence-electron chi connectivity index (χ0n) is 11.6. The van der Waals surface area contributed by atoms with Crippen molar-refractivity contribution in [3.63, 3.8) is 0 Å². The van der Waals surface area contributed by atoms with Crippen molar-refractivity contribution >= 4 is 5.82 Å². The zero-order valence-corrected chi connectivity index (χ0v) is 11.6. The highest BCUT2D eigenvalue weighted by Gasteiger charge is 2.14. The maximum Gasteiger partial charge on any atom is 0.194 e. The third kappa shape index (κ3) is 3.49. The van der Waals surface area contributed by atoms with Crippen LogP contribution in [0.3, 0.4) is 0 Å². The predicted molar refractivity (Wildman–Crippen MR) is 73.7 cm³/mol. The number of nitrogens with one attached hydrogen (secondary N) is 1. The van der Waals surface area contributed by atoms with Crippen LogP contribution in [0.1, 0.15) is 19.5 Å². The van der Waals surface area contributed by atoms with Gasteiger partial charge >= 0.3 is 0 Å². The second kappa shape index (κ2) is 6.09. The molecule has 7 heteroatoms. The molecule has 2 aromatic rings. The molecule has 21 heavy (non-hydrogen) atoms. The number of benzene rings is 1. The van der Waals surface area contributed by atoms with Gasteiger partial charge in [0.25, 0.3) is 0 Å². The van der Waals surface area contributed by atoms with Crippen molar-refractivity contribution in [2.75, 3.05) is 5.43 Å². The Morgan fingerprint density at radius 1 is 1.10 bits per heavy atom. The molecule has 4 nitrogen and oxygen atoms in total. The summed E-state index contributed by atoms with van der Waals surface area (Å²) in [6.45, 7) is 4.02. The number of hydrogen-bond acceptors (Lipinski definition) is 4. The summed E-state index contributed by atoms with van der Waals surface area (Å²) < 4.78 is 39.6. The summed E-state index contributed by atoms with van der Waals surface area (Å²) in [7, 11) is 0. The number of aromatic nitrogens is 2. The molecule has 0 amide bonds. The van der Waals surface area contributed by atoms with Crippen LogP contribution in [0.15, 0.2) is 18.2 Å². The van der Waals surface area contributed by atoms with E-state index in [0.29, 0.717) is 23.9 Å². The summed E-state index contributed by atoms with van der Waals surface area (Å²) in [5.74, 6) is 1.97. The molecule has 3 N–H and O–H groups in total. The minimum absolute atomic E-state index is 0.0495. The quantitative estimate of drug-likeness (QED) is 0.517. The number of nitrogens with two attached hydrogens (primary N) is 1. The van der Waals surface area contributed by atoms with E-state index in [-0.39, 0.29) is 11.4 Å². The molecule has 0 aliphatic heterocycles. The summed E-state index contributed by atoms with van der Waals surface area (Å²) in [4.78, 5) is 8.28. The lowest BCUT2D eigenvalue weighted by molar-refractivity contribution is 0.447. The van der Waals surface area contributed by atoms with Gasteiger partial charge in [-0.25, -0.2) is 29.0 Å². The first-order valence-electron chi connectivity index (χ1n) is 6.40. The third-order valence-electron chi connectivity index (χ3n) is 2.79. The molecule has 0 spiro atoms. The van der Waals surface area contributed by atoms with Crippen molar-refractivity contribution in [1.82, 2.24) is 9.97 Å². The average Bonchev–Trinajstić information content (AvgIpc) is 2.43. The topological polar surface area (TPSA) is 63.8 Å². The predicted octanol–water partition coefficient (Wildman–Crippen LogP) is 3.04. The van der Waals surface area contributed by atoms with Gasteiger partial charge in [0.2, 0.25) is 0 Å². The summed E-state index contributed by atoms with van der Waals surface area (Å²) >= 11 is 0. The zero-order chi connectivity index (χ0) is 15.6. The average molecular weight is 296 g/mol. The smallest absolute Gasteiger partial charge is 0.194 e. The SMILES string of the molecule is CC(C)Cc1cc(NN)nc(-c2cc(F)c(F)c(F)c2)n1. The van der Waals surface area contributed by atoms with Gasteiger partial charge in [-0.3, -0.25) is 0 Å². The largest absolute Gasteiger partial charge is 0.308 e. The number of nitrogen functional groups attached to an aromatic ring is 1. The second-order valence-corrected chi connectivity index (χ2v) is 5.06. The molecule has 1 aromatic carbocycles. The van der Waals surface area contributed by atoms with E-state index in [2.05, 4.69) is 15.4 Å². The van der Waals surface area contributed by atoms with Gasteiger partial charge in [-0.15, -0.1) is 0 Å². The van der Waals surface area contributed by atoms with E-state index < -0.39 is 17.5 Å². The van der Waals surface area contributed by atoms with Gasteiger partial charge < -0.3 is 5.43 Å². The van der Waals surface area contributed by atoms with Crippen molar-refractivity contribution in [3.8, 4) is 11.4 Å². The van der Waals surface area contributed by atoms with Gasteiger partial charge in [0.05, 0.1) is 0 Å². The summed E-state index contributed by atoms with van der Waals surface area (Å²) in [6, 6.07) is 3.36. The molecule has 0 bridgehead atoms. The number of rotatable bonds is 4. The minimum atomic E-state index is -1.52. The van der Waals surface area contributed by atoms with Crippen molar-refractivity contribution in [2.24, 2.45) is 11.8 Å². The number of nitrogens with zero attached hydrogens (tertiary/aromatic N) is 2. The Bertz CT molecular complexity index is 636. The molecule has 0 saturated carbocycles. The summed E-state index contributed by atoms with van der Waals surface area (Å²) in [5.41, 5.74) is 3.10. The maximum atomic E-state index is 13.3. The number of halogens is 3. The Labute approximate surface area is 120 Å². The molecule has 2 rings (SSSR count). The van der Waals surface area contributed by atoms with Crippen LogP contribution in [0.2, 0.25) is 0 Å². The summed E-state index contributed by atoms with van der Waals surface area (Å²) in [6.07, 6.45) is 0.649. The van der Waals surface area contributed by atoms with Crippen molar-refractivity contribution in [3.05, 3.63) is 41.3 Å². The van der Waals surface area contributed by atoms with Gasteiger partial charge in [0, 0.05) is 17.3 Å². The molecular formula is C14H15F3N4. The first-order chi connectivity index (χ1) is 9.90. The van der Waals surface area contributed by atoms with E-state index >= 15 is 0 Å². The minimum Gasteiger partial charge on any atom is -0.308 e. The number of anilines is 1. The van der Waals surface area contributed by atoms with Crippen LogP contribution in [0.25, 0.3) is 11.4 Å². The highest BCUT2D eigenvalue weighted by molar-refractivity contribution is 5.58. The molecule has 0 radical (unpaired) electrons. The Morgan fingerprint density at radius 2 is 1.71 bits per heavy atom. The van der Waals surface area contributed by atoms with E-state index in [1.54, 1.807) is 6.07 Å². The van der Waals surface area contributed by atoms with Crippen LogP contribution in [-0.2, 0) is 6.42 Å². The van der Waals surface area contributed by atoms with Gasteiger partial charge in [-0.1, -0.05) is 13.8 Å². The maximum absolute atomic E-state index is 13.3. The van der Waals surface area contributed by atoms with Crippen molar-refractivity contribution < 1.29 is 13.2 Å². The molecule has 112 valence electrons. The molecule has 0 aliphatic carbocycles. The number of hydrazine groups is 1. The number of hydrogen-bond donors (Lipinski definition) is 2. The molecule has 0 fully saturated rings. The lowest BCUT2D eigenvalue weighted by Gasteiger charge is -2.10. The van der Waals surface area contributed by atoms with Crippen LogP contribution in [0.5, 0.6) is 0 Å². The summed E-state index contributed by atoms with van der Waals surface area (Å²) in [5, 5.41) is 0. The Balaban J connectivity index is 2.52. The molecule has 0 saturated heterocycles. The van der Waals surface area contributed by atoms with Gasteiger partial charge in [0.1, 0.15) is 5.82 Å². The lowest BCUT2D eigenvalue weighted by atomic mass is 10.1. The molecule has 0 aliphatic rings. The molecule has 1 heterocycles. The Hall–Kier alpha value is -2.15. The van der Waals surface area contributed by atoms with Crippen LogP contribution >= 0.6 is 0 Å². The fourth-order valence-electron chi connectivity index (χ4n) is 1.91. The molecule has 1 aromatic heterocycles. The standard InChI is InChI=1S/C14H15F3N4/c1-7(2)3-9-6-12(21-18)20-14(19-9)8-4-10(15)13(17)11(16)5-8/h4-7H,3,18H2,1-2H3,(H,19,20,21). The van der Waals surface area contributed by atoms with E-state index in [4.69, 9.17) is 5.84 Å². The van der Waals surface area contributed by atoms with Gasteiger partial charge in [-0.2, -0.15) is 0 Å². The Kier molecular flexibility index (Phi) is 4.42. The Morgan fingerprint density at radius 3 is 2.24 bits per heavy atom. The fraction of sp³-hybridized carbons (Fsp3) is 0.286. The highest BCUT2D eigenvalue weighted by Crippen LogP contribution is 2.23. The lowest BCUT2D eigenvalue weighted by Crippen LogP contribution is -2.11. The van der Waals surface area contributed by atoms with Crippen LogP contribution < -0.4 is 11.3 Å². The van der Waals surface area contributed by atoms with Crippen LogP contribution in [-0.4, -0.2) is 9.97 Å². The van der Waals surface area contributed by atoms with E-state index in [1.165, 1.54) is 0 Å². The van der Waals surface area contributed by atoms with E-state index in [9.17, 15) is 13.2 Å². The normalized spacial score (nSPS) is 11.0. The molecular weight excluding hydrogens is 281 g/mol. The van der Waals surface area contributed by atoms with E-state index in [0.717, 1.165) is 12.1 Å². The fourth-order valence-corrected chi connectivity index (χ4v) is 1.91. The van der Waals surface area contributed by atoms with Gasteiger partial charge in [0.15, 0.2) is 23.3 Å². The van der Waals surface area contributed by atoms with Crippen molar-refractivity contribution in [2.45, 2.75) is 20.3 Å². The molecule has 0 atom stereocenters. The van der Waals surface area contributed by atoms with Crippen LogP contribution in [0.4, 0.5) is 19.0 Å². The third-order valence-corrected chi connectivity index (χ3v) is 2.79. The first-order valence-corrected chi connectivity index (χ1v) is 6.40. The first kappa shape index (κ1) is 15.2. The molecule has 0 unspecified atom stereocenters. The van der Waals surface area contributed by atoms with Crippen molar-refractivity contribution in [1.29, 1.82) is 0 Å². The second-order valence-electron chi connectivity index (χ2n) is 5.06. The monoisotopic (exact) mass is 296 g/mol. The highest BCUT2D eigenvalue weighted by atomic mass is 19.2.